The molecule has 2 amide bonds. The van der Waals surface area contributed by atoms with E-state index in [1.54, 1.807) is 29.2 Å². The van der Waals surface area contributed by atoms with E-state index >= 15 is 0 Å². The maximum Gasteiger partial charge on any atom is 0.315 e. The number of rotatable bonds is 3. The number of carbonyl (C=O) groups is 1. The summed E-state index contributed by atoms with van der Waals surface area (Å²) in [6.07, 6.45) is 1.49. The molecule has 2 N–H and O–H groups in total. The summed E-state index contributed by atoms with van der Waals surface area (Å²) in [5.41, 5.74) is 5.77. The van der Waals surface area contributed by atoms with Crippen LogP contribution in [0.2, 0.25) is 0 Å². The molecule has 7 nitrogen and oxygen atoms in total. The van der Waals surface area contributed by atoms with Crippen LogP contribution in [0, 0.1) is 12.7 Å². The number of furan rings is 1. The minimum atomic E-state index is -0.522. The van der Waals surface area contributed by atoms with Gasteiger partial charge in [-0.25, -0.2) is 18.9 Å². The Hall–Kier alpha value is -3.16. The standard InChI is InChI=1S/C18H18FN5O2/c1-11-8-9-15(26-11)16-21-17(14-7-4-10-23(14)18(20)25)24(22-16)13-6-3-2-5-12(13)19/h2-3,5-6,8-9,14H,4,7,10H2,1H3,(H2,20,25)/t14-/m0/s1. The minimum absolute atomic E-state index is 0.265. The topological polar surface area (TPSA) is 90.2 Å². The van der Waals surface area contributed by atoms with Crippen LogP contribution in [0.4, 0.5) is 9.18 Å². The molecule has 26 heavy (non-hydrogen) atoms. The molecule has 0 aliphatic carbocycles. The monoisotopic (exact) mass is 355 g/mol. The average Bonchev–Trinajstić information content (AvgIpc) is 3.33. The van der Waals surface area contributed by atoms with Crippen molar-refractivity contribution in [2.75, 3.05) is 6.54 Å². The lowest BCUT2D eigenvalue weighted by atomic mass is 10.2. The van der Waals surface area contributed by atoms with Crippen molar-refractivity contribution < 1.29 is 13.6 Å². The molecule has 4 rings (SSSR count). The SMILES string of the molecule is Cc1ccc(-c2nc([C@@H]3CCCN3C(N)=O)n(-c3ccccc3F)n2)o1. The van der Waals surface area contributed by atoms with E-state index in [2.05, 4.69) is 10.1 Å². The van der Waals surface area contributed by atoms with E-state index in [1.165, 1.54) is 10.7 Å². The van der Waals surface area contributed by atoms with Gasteiger partial charge in [-0.15, -0.1) is 5.10 Å². The van der Waals surface area contributed by atoms with E-state index < -0.39 is 11.8 Å². The number of aromatic nitrogens is 3. The Bertz CT molecular complexity index is 964. The van der Waals surface area contributed by atoms with Crippen molar-refractivity contribution in [1.29, 1.82) is 0 Å². The molecule has 0 bridgehead atoms. The number of nitrogens with zero attached hydrogens (tertiary/aromatic N) is 4. The number of halogens is 1. The molecule has 3 heterocycles. The van der Waals surface area contributed by atoms with Crippen LogP contribution in [0.25, 0.3) is 17.3 Å². The molecule has 0 saturated carbocycles. The third-order valence-electron chi connectivity index (χ3n) is 4.51. The highest BCUT2D eigenvalue weighted by molar-refractivity contribution is 5.73. The second-order valence-corrected chi connectivity index (χ2v) is 6.26. The largest absolute Gasteiger partial charge is 0.458 e. The van der Waals surface area contributed by atoms with Gasteiger partial charge in [0.1, 0.15) is 17.3 Å². The zero-order valence-electron chi connectivity index (χ0n) is 14.2. The molecule has 8 heteroatoms. The van der Waals surface area contributed by atoms with Gasteiger partial charge in [-0.3, -0.25) is 0 Å². The Morgan fingerprint density at radius 3 is 2.81 bits per heavy atom. The van der Waals surface area contributed by atoms with E-state index in [-0.39, 0.29) is 11.7 Å². The fourth-order valence-corrected chi connectivity index (χ4v) is 3.30. The fourth-order valence-electron chi connectivity index (χ4n) is 3.30. The van der Waals surface area contributed by atoms with Crippen LogP contribution in [0.3, 0.4) is 0 Å². The van der Waals surface area contributed by atoms with E-state index in [0.717, 1.165) is 12.2 Å². The quantitative estimate of drug-likeness (QED) is 0.781. The van der Waals surface area contributed by atoms with Gasteiger partial charge in [0.2, 0.25) is 5.82 Å². The summed E-state index contributed by atoms with van der Waals surface area (Å²) in [5, 5.41) is 4.46. The first kappa shape index (κ1) is 16.3. The van der Waals surface area contributed by atoms with E-state index in [4.69, 9.17) is 10.2 Å². The van der Waals surface area contributed by atoms with E-state index in [9.17, 15) is 9.18 Å². The van der Waals surface area contributed by atoms with Crippen LogP contribution in [-0.4, -0.2) is 32.2 Å². The summed E-state index contributed by atoms with van der Waals surface area (Å²) in [5.74, 6) is 1.60. The number of para-hydroxylation sites is 1. The number of carbonyl (C=O) groups excluding carboxylic acids is 1. The molecule has 1 aliphatic rings. The van der Waals surface area contributed by atoms with Crippen molar-refractivity contribution in [2.45, 2.75) is 25.8 Å². The summed E-state index contributed by atoms with van der Waals surface area (Å²) in [4.78, 5) is 17.9. The Labute approximate surface area is 149 Å². The lowest BCUT2D eigenvalue weighted by Gasteiger charge is -2.22. The van der Waals surface area contributed by atoms with Gasteiger partial charge in [-0.2, -0.15) is 0 Å². The highest BCUT2D eigenvalue weighted by Gasteiger charge is 2.34. The van der Waals surface area contributed by atoms with Gasteiger partial charge in [-0.05, 0) is 44.0 Å². The third-order valence-corrected chi connectivity index (χ3v) is 4.51. The lowest BCUT2D eigenvalue weighted by Crippen LogP contribution is -2.36. The van der Waals surface area contributed by atoms with Crippen molar-refractivity contribution in [3.05, 3.63) is 53.8 Å². The molecule has 1 atom stereocenters. The average molecular weight is 355 g/mol. The van der Waals surface area contributed by atoms with Crippen molar-refractivity contribution in [1.82, 2.24) is 19.7 Å². The molecule has 2 aromatic heterocycles. The molecule has 1 aliphatic heterocycles. The Balaban J connectivity index is 1.87. The first-order valence-corrected chi connectivity index (χ1v) is 8.39. The molecule has 0 unspecified atom stereocenters. The normalized spacial score (nSPS) is 17.0. The second-order valence-electron chi connectivity index (χ2n) is 6.26. The molecular weight excluding hydrogens is 337 g/mol. The molecule has 1 fully saturated rings. The fraction of sp³-hybridized carbons (Fsp3) is 0.278. The van der Waals surface area contributed by atoms with Crippen LogP contribution in [-0.2, 0) is 0 Å². The zero-order valence-corrected chi connectivity index (χ0v) is 14.2. The summed E-state index contributed by atoms with van der Waals surface area (Å²) >= 11 is 0. The number of primary amides is 1. The van der Waals surface area contributed by atoms with Crippen LogP contribution in [0.15, 0.2) is 40.8 Å². The van der Waals surface area contributed by atoms with Gasteiger partial charge in [0.25, 0.3) is 0 Å². The van der Waals surface area contributed by atoms with E-state index in [1.807, 2.05) is 13.0 Å². The van der Waals surface area contributed by atoms with Gasteiger partial charge >= 0.3 is 6.03 Å². The first-order valence-electron chi connectivity index (χ1n) is 8.39. The molecule has 134 valence electrons. The minimum Gasteiger partial charge on any atom is -0.458 e. The number of likely N-dealkylation sites (tertiary alicyclic amines) is 1. The van der Waals surface area contributed by atoms with Crippen LogP contribution in [0.1, 0.15) is 30.5 Å². The van der Waals surface area contributed by atoms with Crippen LogP contribution in [0.5, 0.6) is 0 Å². The highest BCUT2D eigenvalue weighted by Crippen LogP contribution is 2.33. The van der Waals surface area contributed by atoms with Crippen molar-refractivity contribution in [3.8, 4) is 17.3 Å². The summed E-state index contributed by atoms with van der Waals surface area (Å²) < 4.78 is 21.4. The molecule has 0 radical (unpaired) electrons. The Morgan fingerprint density at radius 2 is 2.12 bits per heavy atom. The molecule has 0 spiro atoms. The van der Waals surface area contributed by atoms with E-state index in [0.29, 0.717) is 30.4 Å². The Kier molecular flexibility index (Phi) is 3.95. The molecular formula is C18H18FN5O2. The van der Waals surface area contributed by atoms with Crippen molar-refractivity contribution >= 4 is 6.03 Å². The number of hydrogen-bond donors (Lipinski definition) is 1. The van der Waals surface area contributed by atoms with Crippen LogP contribution >= 0.6 is 0 Å². The number of amides is 2. The smallest absolute Gasteiger partial charge is 0.315 e. The van der Waals surface area contributed by atoms with Gasteiger partial charge < -0.3 is 15.1 Å². The number of benzene rings is 1. The van der Waals surface area contributed by atoms with Crippen LogP contribution < -0.4 is 5.73 Å². The van der Waals surface area contributed by atoms with Gasteiger partial charge in [0.05, 0.1) is 6.04 Å². The van der Waals surface area contributed by atoms with Crippen molar-refractivity contribution in [3.63, 3.8) is 0 Å². The predicted molar refractivity (Wildman–Crippen MR) is 92.0 cm³/mol. The number of nitrogens with two attached hydrogens (primary N) is 1. The van der Waals surface area contributed by atoms with Gasteiger partial charge in [0, 0.05) is 6.54 Å². The summed E-state index contributed by atoms with van der Waals surface area (Å²) in [6, 6.07) is 9.01. The number of hydrogen-bond acceptors (Lipinski definition) is 4. The van der Waals surface area contributed by atoms with Gasteiger partial charge in [-0.1, -0.05) is 12.1 Å². The van der Waals surface area contributed by atoms with Crippen molar-refractivity contribution in [2.24, 2.45) is 5.73 Å². The Morgan fingerprint density at radius 1 is 1.31 bits per heavy atom. The second kappa shape index (κ2) is 6.29. The number of urea groups is 1. The van der Waals surface area contributed by atoms with Gasteiger partial charge in [0.15, 0.2) is 11.6 Å². The maximum atomic E-state index is 14.4. The third kappa shape index (κ3) is 2.73. The molecule has 1 aromatic carbocycles. The first-order chi connectivity index (χ1) is 12.5. The predicted octanol–water partition coefficient (Wildman–Crippen LogP) is 3.19. The summed E-state index contributed by atoms with van der Waals surface area (Å²) in [7, 11) is 0. The molecule has 1 saturated heterocycles. The molecule has 3 aromatic rings. The lowest BCUT2D eigenvalue weighted by molar-refractivity contribution is 0.200. The number of aryl methyl sites for hydroxylation is 1. The highest BCUT2D eigenvalue weighted by atomic mass is 19.1. The summed E-state index contributed by atoms with van der Waals surface area (Å²) in [6.45, 7) is 2.36. The zero-order chi connectivity index (χ0) is 18.3. The maximum absolute atomic E-state index is 14.4.